The summed E-state index contributed by atoms with van der Waals surface area (Å²) < 4.78 is 0. The van der Waals surface area contributed by atoms with E-state index >= 15 is 0 Å². The Bertz CT molecular complexity index is 429. The quantitative estimate of drug-likeness (QED) is 0.451. The lowest BCUT2D eigenvalue weighted by Crippen LogP contribution is -1.87. The molecule has 0 saturated heterocycles. The first kappa shape index (κ1) is 20.6. The van der Waals surface area contributed by atoms with Gasteiger partial charge in [0.05, 0.1) is 0 Å². The SMILES string of the molecule is C=C(/C=C(C)\C=C/C)/C(C)=C/C(=C\C)C(=C)O.CCC. The van der Waals surface area contributed by atoms with Gasteiger partial charge in [0, 0.05) is 5.57 Å². The second kappa shape index (κ2) is 12.3. The molecule has 0 heterocycles. The van der Waals surface area contributed by atoms with Gasteiger partial charge in [-0.15, -0.1) is 0 Å². The van der Waals surface area contributed by atoms with Crippen molar-refractivity contribution in [3.05, 3.63) is 71.6 Å². The van der Waals surface area contributed by atoms with Crippen LogP contribution in [0.15, 0.2) is 71.6 Å². The molecule has 0 amide bonds. The third-order valence-electron chi connectivity index (χ3n) is 2.35. The lowest BCUT2D eigenvalue weighted by molar-refractivity contribution is 0.429. The molecular weight excluding hydrogens is 244 g/mol. The van der Waals surface area contributed by atoms with E-state index in [2.05, 4.69) is 27.0 Å². The molecule has 0 bridgehead atoms. The number of allylic oxidation sites excluding steroid dienone is 8. The Kier molecular flexibility index (Phi) is 12.6. The summed E-state index contributed by atoms with van der Waals surface area (Å²) in [5.74, 6) is 0.0776. The van der Waals surface area contributed by atoms with Crippen LogP contribution in [0.1, 0.15) is 48.0 Å². The van der Waals surface area contributed by atoms with E-state index in [0.29, 0.717) is 0 Å². The summed E-state index contributed by atoms with van der Waals surface area (Å²) in [4.78, 5) is 0. The second-order valence-electron chi connectivity index (χ2n) is 4.64. The fourth-order valence-electron chi connectivity index (χ4n) is 1.36. The molecule has 0 radical (unpaired) electrons. The molecule has 1 N–H and O–H groups in total. The Labute approximate surface area is 125 Å². The van der Waals surface area contributed by atoms with Crippen molar-refractivity contribution in [1.82, 2.24) is 0 Å². The van der Waals surface area contributed by atoms with Crippen LogP contribution in [0.5, 0.6) is 0 Å². The van der Waals surface area contributed by atoms with Crippen LogP contribution < -0.4 is 0 Å². The number of hydrogen-bond acceptors (Lipinski definition) is 1. The van der Waals surface area contributed by atoms with Gasteiger partial charge in [-0.1, -0.05) is 63.3 Å². The summed E-state index contributed by atoms with van der Waals surface area (Å²) in [7, 11) is 0. The number of hydrogen-bond donors (Lipinski definition) is 1. The van der Waals surface area contributed by atoms with E-state index in [1.165, 1.54) is 6.42 Å². The zero-order valence-corrected chi connectivity index (χ0v) is 14.0. The molecule has 0 fully saturated rings. The van der Waals surface area contributed by atoms with Crippen molar-refractivity contribution in [2.24, 2.45) is 0 Å². The van der Waals surface area contributed by atoms with Crippen molar-refractivity contribution in [2.75, 3.05) is 0 Å². The van der Waals surface area contributed by atoms with Gasteiger partial charge < -0.3 is 5.11 Å². The minimum atomic E-state index is 0.0776. The predicted octanol–water partition coefficient (Wildman–Crippen LogP) is 6.45. The van der Waals surface area contributed by atoms with E-state index in [1.807, 2.05) is 58.1 Å². The number of aliphatic hydroxyl groups is 1. The van der Waals surface area contributed by atoms with Gasteiger partial charge >= 0.3 is 0 Å². The van der Waals surface area contributed by atoms with E-state index in [9.17, 15) is 5.11 Å². The fraction of sp³-hybridized carbons (Fsp3) is 0.368. The summed E-state index contributed by atoms with van der Waals surface area (Å²) in [5, 5.41) is 9.35. The first-order valence-corrected chi connectivity index (χ1v) is 7.07. The molecule has 0 aliphatic rings. The van der Waals surface area contributed by atoms with Gasteiger partial charge in [0.2, 0.25) is 0 Å². The molecule has 1 nitrogen and oxygen atoms in total. The first-order chi connectivity index (χ1) is 9.33. The highest BCUT2D eigenvalue weighted by molar-refractivity contribution is 5.46. The molecule has 0 aliphatic carbocycles. The van der Waals surface area contributed by atoms with E-state index in [-0.39, 0.29) is 5.76 Å². The van der Waals surface area contributed by atoms with Gasteiger partial charge in [0.1, 0.15) is 5.76 Å². The van der Waals surface area contributed by atoms with Gasteiger partial charge in [0.15, 0.2) is 0 Å². The Hall–Kier alpha value is -1.76. The van der Waals surface area contributed by atoms with Gasteiger partial charge in [0.25, 0.3) is 0 Å². The van der Waals surface area contributed by atoms with Gasteiger partial charge in [-0.05, 0) is 44.9 Å². The third kappa shape index (κ3) is 10.2. The van der Waals surface area contributed by atoms with Crippen LogP contribution in [0.25, 0.3) is 0 Å². The van der Waals surface area contributed by atoms with Crippen LogP contribution in [0.4, 0.5) is 0 Å². The number of rotatable bonds is 5. The highest BCUT2D eigenvalue weighted by Gasteiger charge is 1.99. The normalized spacial score (nSPS) is 13.0. The Morgan fingerprint density at radius 2 is 1.55 bits per heavy atom. The van der Waals surface area contributed by atoms with Crippen LogP contribution in [0, 0.1) is 0 Å². The van der Waals surface area contributed by atoms with Gasteiger partial charge in [-0.25, -0.2) is 0 Å². The molecule has 0 rings (SSSR count). The summed E-state index contributed by atoms with van der Waals surface area (Å²) in [6.45, 7) is 19.6. The molecule has 0 aromatic carbocycles. The number of aliphatic hydroxyl groups excluding tert-OH is 1. The van der Waals surface area contributed by atoms with Crippen molar-refractivity contribution < 1.29 is 5.11 Å². The molecule has 20 heavy (non-hydrogen) atoms. The largest absolute Gasteiger partial charge is 0.508 e. The summed E-state index contributed by atoms with van der Waals surface area (Å²) in [6.07, 6.45) is 11.0. The zero-order chi connectivity index (χ0) is 16.1. The van der Waals surface area contributed by atoms with Gasteiger partial charge in [-0.3, -0.25) is 0 Å². The summed E-state index contributed by atoms with van der Waals surface area (Å²) >= 11 is 0. The Morgan fingerprint density at radius 1 is 1.05 bits per heavy atom. The topological polar surface area (TPSA) is 20.2 Å². The molecule has 112 valence electrons. The molecule has 0 spiro atoms. The standard InChI is InChI=1S/C16H22O.C3H8/c1-7-9-12(3)10-13(4)14(5)11-16(8-2)15(6)17;1-3-2/h7-11,17H,4,6H2,1-3,5H3;3H2,1-2H3/b9-7-,12-10-,14-11+,16-8+;. The maximum atomic E-state index is 9.35. The second-order valence-corrected chi connectivity index (χ2v) is 4.64. The molecule has 0 aromatic rings. The fourth-order valence-corrected chi connectivity index (χ4v) is 1.36. The van der Waals surface area contributed by atoms with Crippen molar-refractivity contribution in [3.63, 3.8) is 0 Å². The van der Waals surface area contributed by atoms with E-state index in [1.54, 1.807) is 0 Å². The Balaban J connectivity index is 0. The van der Waals surface area contributed by atoms with E-state index in [0.717, 1.165) is 22.3 Å². The highest BCUT2D eigenvalue weighted by atomic mass is 16.3. The van der Waals surface area contributed by atoms with Crippen LogP contribution >= 0.6 is 0 Å². The minimum absolute atomic E-state index is 0.0776. The van der Waals surface area contributed by atoms with Crippen LogP contribution in [0.2, 0.25) is 0 Å². The van der Waals surface area contributed by atoms with Crippen LogP contribution in [-0.4, -0.2) is 5.11 Å². The van der Waals surface area contributed by atoms with Crippen LogP contribution in [0.3, 0.4) is 0 Å². The molecule has 0 atom stereocenters. The van der Waals surface area contributed by atoms with Crippen molar-refractivity contribution in [2.45, 2.75) is 48.0 Å². The van der Waals surface area contributed by atoms with Crippen molar-refractivity contribution in [1.29, 1.82) is 0 Å². The smallest absolute Gasteiger partial charge is 0.115 e. The Morgan fingerprint density at radius 3 is 1.90 bits per heavy atom. The van der Waals surface area contributed by atoms with Crippen LogP contribution in [-0.2, 0) is 0 Å². The molecule has 0 aromatic heterocycles. The minimum Gasteiger partial charge on any atom is -0.508 e. The molecular formula is C19H30O. The van der Waals surface area contributed by atoms with Crippen molar-refractivity contribution in [3.8, 4) is 0 Å². The molecule has 0 aliphatic heterocycles. The summed E-state index contributed by atoms with van der Waals surface area (Å²) in [6, 6.07) is 0. The van der Waals surface area contributed by atoms with E-state index in [4.69, 9.17) is 0 Å². The molecule has 0 unspecified atom stereocenters. The monoisotopic (exact) mass is 274 g/mol. The lowest BCUT2D eigenvalue weighted by Gasteiger charge is -2.04. The lowest BCUT2D eigenvalue weighted by atomic mass is 10.0. The maximum Gasteiger partial charge on any atom is 0.115 e. The maximum absolute atomic E-state index is 9.35. The van der Waals surface area contributed by atoms with E-state index < -0.39 is 0 Å². The van der Waals surface area contributed by atoms with Crippen molar-refractivity contribution >= 4 is 0 Å². The third-order valence-corrected chi connectivity index (χ3v) is 2.35. The predicted molar refractivity (Wildman–Crippen MR) is 93.0 cm³/mol. The molecule has 0 saturated carbocycles. The highest BCUT2D eigenvalue weighted by Crippen LogP contribution is 2.16. The summed E-state index contributed by atoms with van der Waals surface area (Å²) in [5.41, 5.74) is 3.81. The average Bonchev–Trinajstić information content (AvgIpc) is 2.36. The first-order valence-electron chi connectivity index (χ1n) is 7.07. The zero-order valence-electron chi connectivity index (χ0n) is 14.0. The average molecular weight is 274 g/mol. The molecule has 1 heteroatoms. The van der Waals surface area contributed by atoms with Gasteiger partial charge in [-0.2, -0.15) is 0 Å².